The highest BCUT2D eigenvalue weighted by molar-refractivity contribution is 14.1. The van der Waals surface area contributed by atoms with E-state index in [1.165, 1.54) is 9.13 Å². The molecular weight excluding hydrogens is 451 g/mol. The van der Waals surface area contributed by atoms with Gasteiger partial charge in [-0.05, 0) is 71.7 Å². The molecule has 1 aromatic carbocycles. The molecule has 6 heteroatoms. The number of pyridine rings is 1. The summed E-state index contributed by atoms with van der Waals surface area (Å²) >= 11 is 2.31. The molecule has 0 bridgehead atoms. The molecule has 0 N–H and O–H groups in total. The molecule has 3 aromatic rings. The highest BCUT2D eigenvalue weighted by Crippen LogP contribution is 2.15. The van der Waals surface area contributed by atoms with Crippen LogP contribution in [0, 0.1) is 3.57 Å². The smallest absolute Gasteiger partial charge is 0.241 e. The number of aryl methyl sites for hydroxylation is 2. The van der Waals surface area contributed by atoms with Gasteiger partial charge in [-0.25, -0.2) is 15.3 Å². The van der Waals surface area contributed by atoms with Crippen LogP contribution in [0.2, 0.25) is 0 Å². The van der Waals surface area contributed by atoms with Gasteiger partial charge in [-0.3, -0.25) is 4.79 Å². The minimum absolute atomic E-state index is 0.0531. The fourth-order valence-electron chi connectivity index (χ4n) is 3.05. The van der Waals surface area contributed by atoms with E-state index in [1.54, 1.807) is 6.20 Å². The lowest BCUT2D eigenvalue weighted by Crippen LogP contribution is -2.18. The number of hydrogen-bond acceptors (Lipinski definition) is 3. The van der Waals surface area contributed by atoms with Gasteiger partial charge in [-0.15, -0.1) is 0 Å². The van der Waals surface area contributed by atoms with E-state index in [4.69, 9.17) is 0 Å². The number of hydrogen-bond donors (Lipinski definition) is 0. The first-order valence-electron chi connectivity index (χ1n) is 9.42. The van der Waals surface area contributed by atoms with Crippen LogP contribution in [-0.2, 0) is 24.3 Å². The number of carbonyl (C=O) groups is 1. The van der Waals surface area contributed by atoms with Crippen molar-refractivity contribution in [2.45, 2.75) is 52.1 Å². The second kappa shape index (κ2) is 9.82. The molecule has 5 nitrogen and oxygen atoms in total. The summed E-state index contributed by atoms with van der Waals surface area (Å²) in [7, 11) is 0. The molecule has 2 heterocycles. The van der Waals surface area contributed by atoms with Crippen molar-refractivity contribution in [3.63, 3.8) is 0 Å². The number of benzene rings is 1. The number of nitrogens with zero attached hydrogens (tertiary/aromatic N) is 4. The minimum Gasteiger partial charge on any atom is -0.311 e. The highest BCUT2D eigenvalue weighted by Gasteiger charge is 2.13. The van der Waals surface area contributed by atoms with E-state index < -0.39 is 0 Å². The van der Waals surface area contributed by atoms with Crippen molar-refractivity contribution in [2.24, 2.45) is 0 Å². The number of amides is 1. The largest absolute Gasteiger partial charge is 0.311 e. The molecule has 0 fully saturated rings. The van der Waals surface area contributed by atoms with Crippen LogP contribution < -0.4 is 5.32 Å². The van der Waals surface area contributed by atoms with Crippen LogP contribution >= 0.6 is 22.6 Å². The maximum absolute atomic E-state index is 12.2. The summed E-state index contributed by atoms with van der Waals surface area (Å²) in [6.45, 7) is 3.34. The third-order valence-electron chi connectivity index (χ3n) is 4.46. The zero-order chi connectivity index (χ0) is 19.1. The van der Waals surface area contributed by atoms with Crippen molar-refractivity contribution in [3.8, 4) is 0 Å². The van der Waals surface area contributed by atoms with Gasteiger partial charge in [0.2, 0.25) is 5.91 Å². The Bertz CT molecular complexity index is 906. The van der Waals surface area contributed by atoms with Crippen LogP contribution in [0.1, 0.15) is 44.0 Å². The Labute approximate surface area is 173 Å². The molecule has 0 unspecified atom stereocenters. The number of aromatic nitrogens is 3. The average Bonchev–Trinajstić information content (AvgIpc) is 3.02. The lowest BCUT2D eigenvalue weighted by molar-refractivity contribution is -0.121. The molecule has 27 heavy (non-hydrogen) atoms. The van der Waals surface area contributed by atoms with Crippen LogP contribution in [0.3, 0.4) is 0 Å². The van der Waals surface area contributed by atoms with Gasteiger partial charge < -0.3 is 4.57 Å². The van der Waals surface area contributed by atoms with Crippen LogP contribution in [0.25, 0.3) is 11.2 Å². The Morgan fingerprint density at radius 3 is 2.93 bits per heavy atom. The maximum Gasteiger partial charge on any atom is 0.241 e. The first-order chi connectivity index (χ1) is 13.2. The number of carbonyl (C=O) groups excluding carboxylic acids is 1. The molecule has 1 radical (unpaired) electrons. The van der Waals surface area contributed by atoms with Gasteiger partial charge in [-0.1, -0.05) is 25.5 Å². The van der Waals surface area contributed by atoms with Gasteiger partial charge in [0.05, 0.1) is 0 Å². The van der Waals surface area contributed by atoms with Crippen LogP contribution in [0.4, 0.5) is 0 Å². The molecule has 0 aliphatic rings. The van der Waals surface area contributed by atoms with Gasteiger partial charge in [0.25, 0.3) is 0 Å². The lowest BCUT2D eigenvalue weighted by Gasteiger charge is -2.08. The maximum atomic E-state index is 12.2. The number of fused-ring (bicyclic) bond motifs is 1. The molecule has 1 amide bonds. The molecular formula is C21H24IN4O. The molecule has 0 saturated heterocycles. The monoisotopic (exact) mass is 475 g/mol. The second-order valence-electron chi connectivity index (χ2n) is 6.57. The molecule has 0 aliphatic heterocycles. The van der Waals surface area contributed by atoms with Gasteiger partial charge in [-0.2, -0.15) is 0 Å². The minimum atomic E-state index is -0.0531. The predicted molar refractivity (Wildman–Crippen MR) is 115 cm³/mol. The van der Waals surface area contributed by atoms with Gasteiger partial charge in [0.1, 0.15) is 17.9 Å². The van der Waals surface area contributed by atoms with Crippen molar-refractivity contribution < 1.29 is 4.79 Å². The van der Waals surface area contributed by atoms with E-state index in [1.807, 2.05) is 12.1 Å². The Balaban J connectivity index is 1.55. The summed E-state index contributed by atoms with van der Waals surface area (Å²) in [6.07, 6.45) is 6.12. The molecule has 0 spiro atoms. The normalized spacial score (nSPS) is 11.0. The molecule has 0 atom stereocenters. The Hall–Kier alpha value is -1.96. The van der Waals surface area contributed by atoms with Crippen LogP contribution in [0.15, 0.2) is 42.6 Å². The number of unbranched alkanes of at least 4 members (excludes halogenated alkanes) is 1. The molecule has 3 rings (SSSR count). The number of halogens is 1. The molecule has 141 valence electrons. The van der Waals surface area contributed by atoms with Gasteiger partial charge >= 0.3 is 0 Å². The van der Waals surface area contributed by atoms with Crippen molar-refractivity contribution in [1.29, 1.82) is 0 Å². The molecule has 0 saturated carbocycles. The Kier molecular flexibility index (Phi) is 7.20. The van der Waals surface area contributed by atoms with E-state index in [2.05, 4.69) is 73.6 Å². The SMILES string of the molecule is CCCCn1c(C[N]C(=O)CCCc2cccc(I)c2)nc2cccnc21. The highest BCUT2D eigenvalue weighted by atomic mass is 127. The van der Waals surface area contributed by atoms with E-state index >= 15 is 0 Å². The zero-order valence-electron chi connectivity index (χ0n) is 15.6. The molecule has 0 aliphatic carbocycles. The van der Waals surface area contributed by atoms with Gasteiger partial charge in [0, 0.05) is 22.7 Å². The summed E-state index contributed by atoms with van der Waals surface area (Å²) in [5.41, 5.74) is 3.01. The first-order valence-corrected chi connectivity index (χ1v) is 10.5. The Morgan fingerprint density at radius 2 is 2.11 bits per heavy atom. The summed E-state index contributed by atoms with van der Waals surface area (Å²) in [5.74, 6) is 0.769. The summed E-state index contributed by atoms with van der Waals surface area (Å²) in [5, 5.41) is 4.26. The standard InChI is InChI=1S/C21H24IN4O/c1-2-3-13-26-19(25-18-10-6-12-23-21(18)26)15-24-20(27)11-5-8-16-7-4-9-17(22)14-16/h4,6-7,9-10,12,14H,2-3,5,8,11,13,15H2,1H3. The van der Waals surface area contributed by atoms with E-state index in [0.29, 0.717) is 13.0 Å². The van der Waals surface area contributed by atoms with E-state index in [9.17, 15) is 4.79 Å². The molecule has 2 aromatic heterocycles. The fraction of sp³-hybridized carbons (Fsp3) is 0.381. The third-order valence-corrected chi connectivity index (χ3v) is 5.13. The zero-order valence-corrected chi connectivity index (χ0v) is 17.7. The van der Waals surface area contributed by atoms with Gasteiger partial charge in [0.15, 0.2) is 5.65 Å². The van der Waals surface area contributed by atoms with Crippen molar-refractivity contribution >= 4 is 39.7 Å². The number of imidazole rings is 1. The second-order valence-corrected chi connectivity index (χ2v) is 7.82. The summed E-state index contributed by atoms with van der Waals surface area (Å²) < 4.78 is 3.32. The summed E-state index contributed by atoms with van der Waals surface area (Å²) in [6, 6.07) is 12.2. The predicted octanol–water partition coefficient (Wildman–Crippen LogP) is 4.49. The third kappa shape index (κ3) is 5.51. The Morgan fingerprint density at radius 1 is 1.22 bits per heavy atom. The average molecular weight is 475 g/mol. The van der Waals surface area contributed by atoms with Crippen molar-refractivity contribution in [1.82, 2.24) is 19.9 Å². The summed E-state index contributed by atoms with van der Waals surface area (Å²) in [4.78, 5) is 21.3. The van der Waals surface area contributed by atoms with Crippen LogP contribution in [0.5, 0.6) is 0 Å². The van der Waals surface area contributed by atoms with Crippen molar-refractivity contribution in [2.75, 3.05) is 0 Å². The fourth-order valence-corrected chi connectivity index (χ4v) is 3.66. The number of rotatable bonds is 9. The van der Waals surface area contributed by atoms with E-state index in [-0.39, 0.29) is 5.91 Å². The van der Waals surface area contributed by atoms with Crippen molar-refractivity contribution in [3.05, 3.63) is 57.6 Å². The lowest BCUT2D eigenvalue weighted by atomic mass is 10.1. The first kappa shape index (κ1) is 19.8. The van der Waals surface area contributed by atoms with Crippen LogP contribution in [-0.4, -0.2) is 20.4 Å². The quantitative estimate of drug-likeness (QED) is 0.429. The van der Waals surface area contributed by atoms with E-state index in [0.717, 1.165) is 49.2 Å². The topological polar surface area (TPSA) is 61.9 Å².